The molecule has 0 atom stereocenters. The van der Waals surface area contributed by atoms with Gasteiger partial charge in [-0.1, -0.05) is 28.1 Å². The SMILES string of the molecule is CNC(=O)c1c2cc(C3CC3)c(N(CCCNC(=O)c3ccccc3C(=O)O)S(C)(=O)=O)cc2nn1-c1ccc(Br)cc1. The molecule has 43 heavy (non-hydrogen) atoms. The van der Waals surface area contributed by atoms with Gasteiger partial charge in [-0.2, -0.15) is 5.10 Å². The number of nitrogens with one attached hydrogen (secondary N) is 2. The van der Waals surface area contributed by atoms with Crippen molar-refractivity contribution >= 4 is 60.3 Å². The monoisotopic (exact) mass is 667 g/mol. The van der Waals surface area contributed by atoms with E-state index in [0.717, 1.165) is 29.1 Å². The molecule has 224 valence electrons. The highest BCUT2D eigenvalue weighted by molar-refractivity contribution is 9.10. The molecule has 0 spiro atoms. The van der Waals surface area contributed by atoms with E-state index in [1.807, 2.05) is 30.3 Å². The molecule has 0 bridgehead atoms. The minimum atomic E-state index is -3.74. The highest BCUT2D eigenvalue weighted by Crippen LogP contribution is 2.46. The number of hydrogen-bond donors (Lipinski definition) is 3. The van der Waals surface area contributed by atoms with E-state index >= 15 is 0 Å². The number of halogens is 1. The Hall–Kier alpha value is -4.23. The van der Waals surface area contributed by atoms with Gasteiger partial charge in [0.25, 0.3) is 11.8 Å². The van der Waals surface area contributed by atoms with Crippen molar-refractivity contribution < 1.29 is 27.9 Å². The lowest BCUT2D eigenvalue weighted by molar-refractivity contribution is 0.0690. The number of amides is 2. The Morgan fingerprint density at radius 2 is 1.72 bits per heavy atom. The summed E-state index contributed by atoms with van der Waals surface area (Å²) in [7, 11) is -2.19. The lowest BCUT2D eigenvalue weighted by Gasteiger charge is -2.25. The van der Waals surface area contributed by atoms with Gasteiger partial charge in [0.05, 0.1) is 34.3 Å². The molecule has 3 aromatic carbocycles. The molecule has 13 heteroatoms. The first-order chi connectivity index (χ1) is 20.5. The molecule has 3 N–H and O–H groups in total. The Labute approximate surface area is 257 Å². The van der Waals surface area contributed by atoms with E-state index in [1.165, 1.54) is 22.5 Å². The van der Waals surface area contributed by atoms with Crippen molar-refractivity contribution in [1.29, 1.82) is 0 Å². The third-order valence-electron chi connectivity index (χ3n) is 7.24. The normalized spacial score (nSPS) is 13.1. The molecule has 1 fully saturated rings. The number of fused-ring (bicyclic) bond motifs is 1. The average molecular weight is 669 g/mol. The maximum atomic E-state index is 13.1. The van der Waals surface area contributed by atoms with E-state index < -0.39 is 21.9 Å². The van der Waals surface area contributed by atoms with Crippen LogP contribution in [-0.4, -0.2) is 67.5 Å². The molecule has 5 rings (SSSR count). The first-order valence-electron chi connectivity index (χ1n) is 13.6. The molecule has 1 aromatic heterocycles. The second-order valence-corrected chi connectivity index (χ2v) is 13.1. The van der Waals surface area contributed by atoms with Gasteiger partial charge in [-0.25, -0.2) is 17.9 Å². The Balaban J connectivity index is 1.47. The summed E-state index contributed by atoms with van der Waals surface area (Å²) in [4.78, 5) is 37.2. The minimum Gasteiger partial charge on any atom is -0.478 e. The fraction of sp³-hybridized carbons (Fsp3) is 0.267. The maximum absolute atomic E-state index is 13.1. The van der Waals surface area contributed by atoms with Crippen LogP contribution in [0.4, 0.5) is 5.69 Å². The number of aromatic carboxylic acids is 1. The molecule has 1 aliphatic rings. The van der Waals surface area contributed by atoms with Crippen LogP contribution in [0, 0.1) is 0 Å². The van der Waals surface area contributed by atoms with Gasteiger partial charge < -0.3 is 15.7 Å². The largest absolute Gasteiger partial charge is 0.478 e. The molecule has 1 saturated carbocycles. The summed E-state index contributed by atoms with van der Waals surface area (Å²) in [6.07, 6.45) is 3.19. The Morgan fingerprint density at radius 1 is 1.05 bits per heavy atom. The number of anilines is 1. The van der Waals surface area contributed by atoms with Crippen molar-refractivity contribution in [2.24, 2.45) is 0 Å². The number of rotatable bonds is 11. The van der Waals surface area contributed by atoms with Crippen molar-refractivity contribution in [1.82, 2.24) is 20.4 Å². The predicted molar refractivity (Wildman–Crippen MR) is 167 cm³/mol. The van der Waals surface area contributed by atoms with Crippen LogP contribution in [-0.2, 0) is 10.0 Å². The summed E-state index contributed by atoms with van der Waals surface area (Å²) in [5.74, 6) is -1.94. The molecule has 0 unspecified atom stereocenters. The molecule has 0 radical (unpaired) electrons. The van der Waals surface area contributed by atoms with Crippen LogP contribution in [0.5, 0.6) is 0 Å². The summed E-state index contributed by atoms with van der Waals surface area (Å²) in [6.45, 7) is 0.194. The number of aromatic nitrogens is 2. The second kappa shape index (κ2) is 12.2. The van der Waals surface area contributed by atoms with E-state index in [4.69, 9.17) is 5.10 Å². The smallest absolute Gasteiger partial charge is 0.336 e. The standard InChI is InChI=1S/C30H30BrN5O6S/c1-32-29(38)27-24-16-23(18-8-9-18)26(17-25(24)34-36(27)20-12-10-19(31)11-13-20)35(43(2,41)42)15-5-14-33-28(37)21-6-3-4-7-22(21)30(39)40/h3-4,6-7,10-13,16-18H,5,8-9,14-15H2,1-2H3,(H,32,38)(H,33,37)(H,39,40). The van der Waals surface area contributed by atoms with E-state index in [9.17, 15) is 27.9 Å². The van der Waals surface area contributed by atoms with Crippen molar-refractivity contribution in [3.63, 3.8) is 0 Å². The van der Waals surface area contributed by atoms with Gasteiger partial charge in [-0.3, -0.25) is 13.9 Å². The average Bonchev–Trinajstić information content (AvgIpc) is 3.76. The molecule has 0 saturated heterocycles. The summed E-state index contributed by atoms with van der Waals surface area (Å²) in [6, 6.07) is 16.8. The fourth-order valence-electron chi connectivity index (χ4n) is 5.03. The van der Waals surface area contributed by atoms with E-state index in [2.05, 4.69) is 26.6 Å². The van der Waals surface area contributed by atoms with Crippen LogP contribution in [0.15, 0.2) is 65.1 Å². The molecule has 4 aromatic rings. The van der Waals surface area contributed by atoms with Gasteiger partial charge in [0.2, 0.25) is 10.0 Å². The number of sulfonamides is 1. The minimum absolute atomic E-state index is 0.0321. The molecular formula is C30H30BrN5O6S. The van der Waals surface area contributed by atoms with Gasteiger partial charge in [-0.05, 0) is 79.3 Å². The molecule has 11 nitrogen and oxygen atoms in total. The van der Waals surface area contributed by atoms with Crippen LogP contribution < -0.4 is 14.9 Å². The van der Waals surface area contributed by atoms with Crippen LogP contribution in [0.25, 0.3) is 16.6 Å². The second-order valence-electron chi connectivity index (χ2n) is 10.3. The van der Waals surface area contributed by atoms with Crippen molar-refractivity contribution in [2.75, 3.05) is 30.7 Å². The van der Waals surface area contributed by atoms with Crippen LogP contribution in [0.3, 0.4) is 0 Å². The van der Waals surface area contributed by atoms with Gasteiger partial charge in [0, 0.05) is 30.0 Å². The van der Waals surface area contributed by atoms with Crippen LogP contribution in [0.1, 0.15) is 61.9 Å². The van der Waals surface area contributed by atoms with Crippen LogP contribution in [0.2, 0.25) is 0 Å². The fourth-order valence-corrected chi connectivity index (χ4v) is 6.27. The number of carboxylic acid groups (broad SMARTS) is 1. The number of hydrogen-bond acceptors (Lipinski definition) is 6. The quantitative estimate of drug-likeness (QED) is 0.202. The lowest BCUT2D eigenvalue weighted by Crippen LogP contribution is -2.34. The zero-order valence-electron chi connectivity index (χ0n) is 23.5. The summed E-state index contributed by atoms with van der Waals surface area (Å²) in [5.41, 5.74) is 2.72. The number of carbonyl (C=O) groups is 3. The van der Waals surface area contributed by atoms with Crippen molar-refractivity contribution in [2.45, 2.75) is 25.2 Å². The predicted octanol–water partition coefficient (Wildman–Crippen LogP) is 4.31. The zero-order valence-corrected chi connectivity index (χ0v) is 25.9. The summed E-state index contributed by atoms with van der Waals surface area (Å²) >= 11 is 3.43. The molecule has 0 aliphatic heterocycles. The van der Waals surface area contributed by atoms with E-state index in [1.54, 1.807) is 23.9 Å². The third kappa shape index (κ3) is 6.42. The zero-order chi connectivity index (χ0) is 30.9. The topological polar surface area (TPSA) is 151 Å². The maximum Gasteiger partial charge on any atom is 0.336 e. The summed E-state index contributed by atoms with van der Waals surface area (Å²) < 4.78 is 29.9. The number of benzene rings is 3. The Bertz CT molecular complexity index is 1830. The Kier molecular flexibility index (Phi) is 8.56. The van der Waals surface area contributed by atoms with Crippen molar-refractivity contribution in [3.8, 4) is 5.69 Å². The molecule has 1 heterocycles. The van der Waals surface area contributed by atoms with E-state index in [-0.39, 0.29) is 42.5 Å². The van der Waals surface area contributed by atoms with Crippen molar-refractivity contribution in [3.05, 3.63) is 87.5 Å². The highest BCUT2D eigenvalue weighted by atomic mass is 79.9. The van der Waals surface area contributed by atoms with Gasteiger partial charge >= 0.3 is 5.97 Å². The number of carbonyl (C=O) groups excluding carboxylic acids is 2. The first-order valence-corrected chi connectivity index (χ1v) is 16.3. The van der Waals surface area contributed by atoms with Gasteiger partial charge in [0.1, 0.15) is 5.69 Å². The molecule has 1 aliphatic carbocycles. The van der Waals surface area contributed by atoms with E-state index in [0.29, 0.717) is 28.0 Å². The van der Waals surface area contributed by atoms with Gasteiger partial charge in [0.15, 0.2) is 0 Å². The lowest BCUT2D eigenvalue weighted by atomic mass is 10.0. The van der Waals surface area contributed by atoms with Gasteiger partial charge in [-0.15, -0.1) is 0 Å². The highest BCUT2D eigenvalue weighted by Gasteiger charge is 2.32. The number of nitrogens with zero attached hydrogens (tertiary/aromatic N) is 3. The summed E-state index contributed by atoms with van der Waals surface area (Å²) in [5, 5.41) is 20.1. The van der Waals surface area contributed by atoms with Crippen LogP contribution >= 0.6 is 15.9 Å². The first kappa shape index (κ1) is 30.2. The Morgan fingerprint density at radius 3 is 2.33 bits per heavy atom. The molecule has 2 amide bonds. The third-order valence-corrected chi connectivity index (χ3v) is 8.95. The molecular weight excluding hydrogens is 638 g/mol. The number of carboxylic acids is 1.